The smallest absolute Gasteiger partial charge is 0.338 e. The Balaban J connectivity index is 2.04. The summed E-state index contributed by atoms with van der Waals surface area (Å²) in [7, 11) is 1.36. The van der Waals surface area contributed by atoms with Crippen molar-refractivity contribution in [3.05, 3.63) is 29.3 Å². The van der Waals surface area contributed by atoms with Crippen LogP contribution in [0.3, 0.4) is 0 Å². The number of rotatable bonds is 3. The Morgan fingerprint density at radius 3 is 2.76 bits per heavy atom. The molecule has 1 fully saturated rings. The zero-order chi connectivity index (χ0) is 15.4. The summed E-state index contributed by atoms with van der Waals surface area (Å²) >= 11 is 0. The largest absolute Gasteiger partial charge is 0.465 e. The summed E-state index contributed by atoms with van der Waals surface area (Å²) in [6.45, 7) is 4.79. The summed E-state index contributed by atoms with van der Waals surface area (Å²) in [6, 6.07) is 5.59. The van der Waals surface area contributed by atoms with Crippen molar-refractivity contribution in [1.29, 1.82) is 0 Å². The first-order valence-electron chi connectivity index (χ1n) is 7.24. The van der Waals surface area contributed by atoms with Crippen LogP contribution in [0.4, 0.5) is 5.69 Å². The van der Waals surface area contributed by atoms with Crippen LogP contribution in [-0.4, -0.2) is 31.6 Å². The van der Waals surface area contributed by atoms with Crippen LogP contribution in [0.2, 0.25) is 0 Å². The number of anilines is 1. The molecule has 1 saturated heterocycles. The van der Waals surface area contributed by atoms with Crippen molar-refractivity contribution in [2.75, 3.05) is 19.0 Å². The molecule has 0 aromatic heterocycles. The van der Waals surface area contributed by atoms with E-state index in [1.54, 1.807) is 18.2 Å². The van der Waals surface area contributed by atoms with Crippen LogP contribution in [0.1, 0.15) is 35.7 Å². The van der Waals surface area contributed by atoms with E-state index in [-0.39, 0.29) is 17.8 Å². The van der Waals surface area contributed by atoms with Crippen molar-refractivity contribution in [1.82, 2.24) is 5.32 Å². The minimum absolute atomic E-state index is 0.0434. The minimum Gasteiger partial charge on any atom is -0.465 e. The van der Waals surface area contributed by atoms with Gasteiger partial charge in [0.05, 0.1) is 12.7 Å². The average Bonchev–Trinajstić information content (AvgIpc) is 2.46. The maximum Gasteiger partial charge on any atom is 0.338 e. The molecule has 0 spiro atoms. The maximum absolute atomic E-state index is 12.3. The van der Waals surface area contributed by atoms with Crippen LogP contribution < -0.4 is 10.6 Å². The number of carbonyl (C=O) groups excluding carboxylic acids is 2. The summed E-state index contributed by atoms with van der Waals surface area (Å²) < 4.78 is 4.71. The molecule has 1 heterocycles. The number of amides is 1. The lowest BCUT2D eigenvalue weighted by molar-refractivity contribution is -0.120. The molecule has 5 heteroatoms. The highest BCUT2D eigenvalue weighted by Gasteiger charge is 2.24. The first-order valence-corrected chi connectivity index (χ1v) is 7.24. The third-order valence-corrected chi connectivity index (χ3v) is 3.89. The molecule has 2 atom stereocenters. The Morgan fingerprint density at radius 1 is 1.38 bits per heavy atom. The van der Waals surface area contributed by atoms with Gasteiger partial charge in [-0.15, -0.1) is 0 Å². The number of piperidine rings is 1. The lowest BCUT2D eigenvalue weighted by Crippen LogP contribution is -2.40. The van der Waals surface area contributed by atoms with Gasteiger partial charge in [-0.2, -0.15) is 0 Å². The number of carbonyl (C=O) groups is 2. The van der Waals surface area contributed by atoms with E-state index in [9.17, 15) is 9.59 Å². The molecule has 1 aliphatic rings. The highest BCUT2D eigenvalue weighted by Crippen LogP contribution is 2.20. The summed E-state index contributed by atoms with van der Waals surface area (Å²) in [5.41, 5.74) is 2.03. The first-order chi connectivity index (χ1) is 10.0. The van der Waals surface area contributed by atoms with Gasteiger partial charge >= 0.3 is 5.97 Å². The predicted octanol–water partition coefficient (Wildman–Crippen LogP) is 2.11. The zero-order valence-corrected chi connectivity index (χ0v) is 12.7. The second-order valence-corrected chi connectivity index (χ2v) is 5.59. The van der Waals surface area contributed by atoms with E-state index in [1.165, 1.54) is 7.11 Å². The molecule has 5 nitrogen and oxygen atoms in total. The lowest BCUT2D eigenvalue weighted by atomic mass is 9.92. The average molecular weight is 290 g/mol. The van der Waals surface area contributed by atoms with Crippen molar-refractivity contribution in [2.24, 2.45) is 5.92 Å². The Bertz CT molecular complexity index is 542. The van der Waals surface area contributed by atoms with Crippen LogP contribution in [0, 0.1) is 12.8 Å². The fourth-order valence-electron chi connectivity index (χ4n) is 2.69. The Labute approximate surface area is 125 Å². The van der Waals surface area contributed by atoms with E-state index < -0.39 is 0 Å². The number of hydrogen-bond acceptors (Lipinski definition) is 4. The number of aryl methyl sites for hydroxylation is 1. The number of ether oxygens (including phenoxy) is 1. The lowest BCUT2D eigenvalue weighted by Gasteiger charge is -2.27. The second kappa shape index (κ2) is 6.72. The van der Waals surface area contributed by atoms with Gasteiger partial charge in [0.1, 0.15) is 0 Å². The third kappa shape index (κ3) is 3.82. The van der Waals surface area contributed by atoms with Crippen molar-refractivity contribution < 1.29 is 14.3 Å². The number of nitrogens with one attached hydrogen (secondary N) is 2. The predicted molar refractivity (Wildman–Crippen MR) is 81.3 cm³/mol. The second-order valence-electron chi connectivity index (χ2n) is 5.59. The van der Waals surface area contributed by atoms with Gasteiger partial charge < -0.3 is 15.4 Å². The van der Waals surface area contributed by atoms with Gasteiger partial charge in [-0.25, -0.2) is 4.79 Å². The molecule has 2 rings (SSSR count). The monoisotopic (exact) mass is 290 g/mol. The molecule has 1 amide bonds. The van der Waals surface area contributed by atoms with E-state index in [4.69, 9.17) is 4.74 Å². The third-order valence-electron chi connectivity index (χ3n) is 3.89. The summed E-state index contributed by atoms with van der Waals surface area (Å²) in [5.74, 6) is -0.270. The van der Waals surface area contributed by atoms with E-state index in [1.807, 2.05) is 6.92 Å². The maximum atomic E-state index is 12.3. The first kappa shape index (κ1) is 15.5. The molecule has 1 aliphatic heterocycles. The quantitative estimate of drug-likeness (QED) is 0.837. The summed E-state index contributed by atoms with van der Waals surface area (Å²) in [4.78, 5) is 23.8. The fourth-order valence-corrected chi connectivity index (χ4v) is 2.69. The van der Waals surface area contributed by atoms with Crippen LogP contribution in [0.5, 0.6) is 0 Å². The molecule has 21 heavy (non-hydrogen) atoms. The van der Waals surface area contributed by atoms with Gasteiger partial charge in [0.15, 0.2) is 0 Å². The highest BCUT2D eigenvalue weighted by molar-refractivity contribution is 5.95. The standard InChI is InChI=1S/C16H22N2O3/c1-10-8-13(4-5-14(10)16(20)21-3)18-15(19)12-6-7-17-11(2)9-12/h4-5,8,11-12,17H,6-7,9H2,1-3H3,(H,18,19)/t11-,12-/m0/s1. The van der Waals surface area contributed by atoms with Crippen molar-refractivity contribution >= 4 is 17.6 Å². The van der Waals surface area contributed by atoms with Gasteiger partial charge in [-0.3, -0.25) is 4.79 Å². The molecule has 114 valence electrons. The van der Waals surface area contributed by atoms with E-state index in [0.717, 1.165) is 30.6 Å². The SMILES string of the molecule is COC(=O)c1ccc(NC(=O)[C@H]2CCN[C@@H](C)C2)cc1C. The number of methoxy groups -OCH3 is 1. The molecule has 2 N–H and O–H groups in total. The number of benzene rings is 1. The van der Waals surface area contributed by atoms with Gasteiger partial charge in [0.25, 0.3) is 0 Å². The van der Waals surface area contributed by atoms with Gasteiger partial charge in [0.2, 0.25) is 5.91 Å². The van der Waals surface area contributed by atoms with E-state index in [2.05, 4.69) is 17.6 Å². The van der Waals surface area contributed by atoms with Crippen LogP contribution in [-0.2, 0) is 9.53 Å². The zero-order valence-electron chi connectivity index (χ0n) is 12.7. The summed E-state index contributed by atoms with van der Waals surface area (Å²) in [6.07, 6.45) is 1.71. The molecular formula is C16H22N2O3. The van der Waals surface area contributed by atoms with E-state index in [0.29, 0.717) is 11.6 Å². The Morgan fingerprint density at radius 2 is 2.14 bits per heavy atom. The fraction of sp³-hybridized carbons (Fsp3) is 0.500. The molecule has 1 aromatic carbocycles. The molecule has 0 radical (unpaired) electrons. The summed E-state index contributed by atoms with van der Waals surface area (Å²) in [5, 5.41) is 6.27. The molecular weight excluding hydrogens is 268 g/mol. The van der Waals surface area contributed by atoms with Crippen molar-refractivity contribution in [2.45, 2.75) is 32.7 Å². The number of esters is 1. The topological polar surface area (TPSA) is 67.4 Å². The minimum atomic E-state index is -0.363. The van der Waals surface area contributed by atoms with Gasteiger partial charge in [0, 0.05) is 17.6 Å². The van der Waals surface area contributed by atoms with Crippen LogP contribution in [0.25, 0.3) is 0 Å². The molecule has 0 aliphatic carbocycles. The van der Waals surface area contributed by atoms with Crippen LogP contribution in [0.15, 0.2) is 18.2 Å². The number of hydrogen-bond donors (Lipinski definition) is 2. The molecule has 0 unspecified atom stereocenters. The Kier molecular flexibility index (Phi) is 4.96. The highest BCUT2D eigenvalue weighted by atomic mass is 16.5. The van der Waals surface area contributed by atoms with Gasteiger partial charge in [-0.1, -0.05) is 0 Å². The Hall–Kier alpha value is -1.88. The normalized spacial score (nSPS) is 21.7. The van der Waals surface area contributed by atoms with Crippen molar-refractivity contribution in [3.8, 4) is 0 Å². The van der Waals surface area contributed by atoms with E-state index >= 15 is 0 Å². The van der Waals surface area contributed by atoms with Gasteiger partial charge in [-0.05, 0) is 57.0 Å². The van der Waals surface area contributed by atoms with Crippen LogP contribution >= 0.6 is 0 Å². The van der Waals surface area contributed by atoms with Crippen molar-refractivity contribution in [3.63, 3.8) is 0 Å². The molecule has 1 aromatic rings. The molecule has 0 saturated carbocycles. The molecule has 0 bridgehead atoms.